The van der Waals surface area contributed by atoms with Crippen molar-refractivity contribution in [2.45, 2.75) is 44.6 Å². The summed E-state index contributed by atoms with van der Waals surface area (Å²) in [7, 11) is -5.10. The van der Waals surface area contributed by atoms with Crippen LogP contribution in [-0.4, -0.2) is 22.9 Å². The first kappa shape index (κ1) is 31.6. The second-order valence-electron chi connectivity index (χ2n) is 4.31. The second-order valence-corrected chi connectivity index (χ2v) is 20.8. The van der Waals surface area contributed by atoms with Gasteiger partial charge in [-0.05, 0) is 25.7 Å². The minimum atomic E-state index is -3.90. The Morgan fingerprint density at radius 3 is 1.42 bits per heavy atom. The van der Waals surface area contributed by atoms with Gasteiger partial charge in [-0.15, -0.1) is 22.2 Å². The Labute approximate surface area is 166 Å². The quantitative estimate of drug-likeness (QED) is 0.272. The van der Waals surface area contributed by atoms with Crippen LogP contribution in [-0.2, 0) is 0 Å². The molecule has 3 nitrogen and oxygen atoms in total. The number of allylic oxidation sites excluding steroid dienone is 1. The summed E-state index contributed by atoms with van der Waals surface area (Å²) in [5.41, 5.74) is 0. The lowest BCUT2D eigenvalue weighted by Crippen LogP contribution is -2.14. The predicted octanol–water partition coefficient (Wildman–Crippen LogP) is 6.37. The summed E-state index contributed by atoms with van der Waals surface area (Å²) in [6.07, 6.45) is 1.66. The molecule has 0 aromatic heterocycles. The summed E-state index contributed by atoms with van der Waals surface area (Å²) < 4.78 is 23.8. The van der Waals surface area contributed by atoms with E-state index in [0.717, 1.165) is 6.55 Å². The lowest BCUT2D eigenvalue weighted by atomic mass is 10.6. The summed E-state index contributed by atoms with van der Waals surface area (Å²) in [5, 5.41) is 23.5. The molecule has 0 saturated heterocycles. The molecule has 0 atom stereocenters. The number of rotatable bonds is 4. The first-order valence-corrected chi connectivity index (χ1v) is 18.4. The molecule has 12 heteroatoms. The number of nitriles is 3. The molecule has 0 amide bonds. The van der Waals surface area contributed by atoms with Crippen molar-refractivity contribution in [1.82, 2.24) is 0 Å². The van der Waals surface area contributed by atoms with Gasteiger partial charge < -0.3 is 0 Å². The number of nitrogens with zero attached hydrogens (tertiary/aromatic N) is 3. The number of hydrogen-bond donors (Lipinski definition) is 0. The molecule has 0 fully saturated rings. The molecular weight excluding hydrogens is 450 g/mol. The summed E-state index contributed by atoms with van der Waals surface area (Å²) in [6.45, 7) is 5.76. The molecule has 138 valence electrons. The maximum Gasteiger partial charge on any atom is 0.423 e. The Morgan fingerprint density at radius 1 is 1.04 bits per heavy atom. The average molecular weight is 471 g/mol. The fourth-order valence-corrected chi connectivity index (χ4v) is 2.22. The Hall–Kier alpha value is -0.119. The van der Waals surface area contributed by atoms with E-state index in [1.54, 1.807) is 12.1 Å². The lowest BCUT2D eigenvalue weighted by Gasteiger charge is -2.04. The molecule has 0 aliphatic carbocycles. The topological polar surface area (TPSA) is 71.4 Å². The fraction of sp³-hybridized carbons (Fsp3) is 0.583. The zero-order valence-electron chi connectivity index (χ0n) is 13.8. The Bertz CT molecular complexity index is 391. The van der Waals surface area contributed by atoms with Crippen LogP contribution in [0.3, 0.4) is 0 Å². The molecule has 0 rings (SSSR count). The second kappa shape index (κ2) is 20.9. The van der Waals surface area contributed by atoms with E-state index < -0.39 is 22.9 Å². The van der Waals surface area contributed by atoms with E-state index in [-0.39, 0.29) is 12.5 Å². The zero-order valence-corrected chi connectivity index (χ0v) is 20.0. The van der Waals surface area contributed by atoms with E-state index in [1.165, 1.54) is 6.08 Å². The molecule has 0 heterocycles. The molecule has 0 aliphatic rings. The van der Waals surface area contributed by atoms with E-state index in [1.807, 2.05) is 19.2 Å². The van der Waals surface area contributed by atoms with Gasteiger partial charge in [0.05, 0.1) is 18.2 Å². The van der Waals surface area contributed by atoms with Crippen LogP contribution < -0.4 is 0 Å². The normalized spacial score (nSPS) is 9.29. The Morgan fingerprint density at radius 2 is 1.33 bits per heavy atom. The monoisotopic (exact) mass is 469 g/mol. The van der Waals surface area contributed by atoms with Crippen molar-refractivity contribution < 1.29 is 8.22 Å². The average Bonchev–Trinajstić information content (AvgIpc) is 2.41. The van der Waals surface area contributed by atoms with Crippen molar-refractivity contribution in [3.05, 3.63) is 12.7 Å². The van der Waals surface area contributed by atoms with E-state index in [0.29, 0.717) is 12.5 Å². The van der Waals surface area contributed by atoms with Crippen LogP contribution in [0, 0.1) is 34.0 Å². The van der Waals surface area contributed by atoms with Crippen molar-refractivity contribution in [2.24, 2.45) is 0 Å². The first-order valence-electron chi connectivity index (χ1n) is 6.55. The number of hydrogen-bond acceptors (Lipinski definition) is 3. The third-order valence-corrected chi connectivity index (χ3v) is 4.83. The minimum Gasteiger partial charge on any atom is -0.271 e. The summed E-state index contributed by atoms with van der Waals surface area (Å²) in [6, 6.07) is 5.85. The van der Waals surface area contributed by atoms with Gasteiger partial charge in [0, 0.05) is 25.0 Å². The highest BCUT2D eigenvalue weighted by molar-refractivity contribution is 7.44. The maximum absolute atomic E-state index is 11.9. The molecule has 0 bridgehead atoms. The maximum atomic E-state index is 11.9. The molecule has 0 spiro atoms. The van der Waals surface area contributed by atoms with Gasteiger partial charge in [-0.3, -0.25) is 8.22 Å². The van der Waals surface area contributed by atoms with Crippen LogP contribution in [0.4, 0.5) is 8.22 Å². The van der Waals surface area contributed by atoms with Crippen LogP contribution in [0.25, 0.3) is 0 Å². The van der Waals surface area contributed by atoms with Crippen LogP contribution in [0.5, 0.6) is 0 Å². The van der Waals surface area contributed by atoms with Gasteiger partial charge in [0.2, 0.25) is 14.1 Å². The predicted molar refractivity (Wildman–Crippen MR) is 108 cm³/mol. The SMILES string of the molecule is C=CC#N.C[SiH](Cl)Cl.C[Si](Cl)(Cl)CCC#N.C[Si](F)(F)CCC#N. The van der Waals surface area contributed by atoms with E-state index in [2.05, 4.69) is 6.58 Å². The van der Waals surface area contributed by atoms with Crippen LogP contribution in [0.1, 0.15) is 12.8 Å². The van der Waals surface area contributed by atoms with E-state index >= 15 is 0 Å². The fourth-order valence-electron chi connectivity index (χ4n) is 0.551. The number of halogens is 6. The van der Waals surface area contributed by atoms with Crippen molar-refractivity contribution >= 4 is 67.2 Å². The molecule has 24 heavy (non-hydrogen) atoms. The molecule has 0 aliphatic heterocycles. The minimum absolute atomic E-state index is 0.00424. The van der Waals surface area contributed by atoms with Crippen molar-refractivity contribution in [3.8, 4) is 18.2 Å². The molecule has 0 aromatic rings. The summed E-state index contributed by atoms with van der Waals surface area (Å²) in [4.78, 5) is 0. The van der Waals surface area contributed by atoms with Crippen LogP contribution >= 0.6 is 44.3 Å². The zero-order chi connectivity index (χ0) is 20.2. The molecule has 0 radical (unpaired) electrons. The van der Waals surface area contributed by atoms with Crippen molar-refractivity contribution in [3.63, 3.8) is 0 Å². The van der Waals surface area contributed by atoms with E-state index in [4.69, 9.17) is 60.1 Å². The summed E-state index contributed by atoms with van der Waals surface area (Å²) >= 11 is 21.7. The van der Waals surface area contributed by atoms with Crippen molar-refractivity contribution in [2.75, 3.05) is 0 Å². The van der Waals surface area contributed by atoms with Crippen molar-refractivity contribution in [1.29, 1.82) is 15.8 Å². The Balaban J connectivity index is -0.000000117. The van der Waals surface area contributed by atoms with Gasteiger partial charge >= 0.3 is 8.74 Å². The summed E-state index contributed by atoms with van der Waals surface area (Å²) in [5.74, 6) is 0. The van der Waals surface area contributed by atoms with Gasteiger partial charge in [0.15, 0.2) is 0 Å². The van der Waals surface area contributed by atoms with Gasteiger partial charge in [0.1, 0.15) is 0 Å². The third kappa shape index (κ3) is 80.6. The largest absolute Gasteiger partial charge is 0.423 e. The van der Waals surface area contributed by atoms with Gasteiger partial charge in [-0.2, -0.15) is 37.9 Å². The van der Waals surface area contributed by atoms with Crippen LogP contribution in [0.2, 0.25) is 31.7 Å². The standard InChI is InChI=1S/C4H7Cl2NSi.C4H7F2NSi.C3H3N.CH4Cl2Si/c2*1-8(5,6)4-2-3-7;1-2-3-4;1-4(2)3/h2*2,4H2,1H3;2H,1H2;4H,1H3. The van der Waals surface area contributed by atoms with Gasteiger partial charge in [-0.1, -0.05) is 6.58 Å². The van der Waals surface area contributed by atoms with E-state index in [9.17, 15) is 8.22 Å². The smallest absolute Gasteiger partial charge is 0.271 e. The van der Waals surface area contributed by atoms with Gasteiger partial charge in [-0.25, -0.2) is 0 Å². The molecule has 0 unspecified atom stereocenters. The first-order chi connectivity index (χ1) is 10.8. The highest BCUT2D eigenvalue weighted by Crippen LogP contribution is 2.20. The lowest BCUT2D eigenvalue weighted by molar-refractivity contribution is 0.607. The highest BCUT2D eigenvalue weighted by atomic mass is 35.7. The molecule has 0 saturated carbocycles. The molecule has 0 aromatic carbocycles. The third-order valence-electron chi connectivity index (χ3n) is 1.44. The van der Waals surface area contributed by atoms with Crippen LogP contribution in [0.15, 0.2) is 12.7 Å². The molecule has 0 N–H and O–H groups in total. The van der Waals surface area contributed by atoms with Gasteiger partial charge in [0.25, 0.3) is 0 Å². The highest BCUT2D eigenvalue weighted by Gasteiger charge is 2.26. The Kier molecular flexibility index (Phi) is 27.6. The molecular formula is C12H21Cl4F2N3Si3.